The number of carbonyl (C=O) groups excluding carboxylic acids is 3. The highest BCUT2D eigenvalue weighted by atomic mass is 35.5. The lowest BCUT2D eigenvalue weighted by Gasteiger charge is -2.24. The van der Waals surface area contributed by atoms with Gasteiger partial charge in [-0.25, -0.2) is 19.1 Å². The second kappa shape index (κ2) is 17.7. The number of aliphatic hydroxyl groups excluding tert-OH is 3. The average molecular weight is 746 g/mol. The summed E-state index contributed by atoms with van der Waals surface area (Å²) in [5.74, 6) is -3.38. The third-order valence-electron chi connectivity index (χ3n) is 8.22. The molecule has 1 aromatic carbocycles. The largest absolute Gasteiger partial charge is 0.542 e. The van der Waals surface area contributed by atoms with Gasteiger partial charge in [-0.1, -0.05) is 37.8 Å². The molecule has 2 aromatic heterocycles. The summed E-state index contributed by atoms with van der Waals surface area (Å²) in [5.41, 5.74) is 13.8. The minimum absolute atomic E-state index is 0.0293. The predicted octanol–water partition coefficient (Wildman–Crippen LogP) is -0.0285. The predicted molar refractivity (Wildman–Crippen MR) is 178 cm³/mol. The van der Waals surface area contributed by atoms with Crippen molar-refractivity contribution in [3.8, 4) is 0 Å². The summed E-state index contributed by atoms with van der Waals surface area (Å²) in [6.45, 7) is 5.56. The summed E-state index contributed by atoms with van der Waals surface area (Å²) in [6.07, 6.45) is -2.99. The molecule has 0 saturated carbocycles. The van der Waals surface area contributed by atoms with Crippen molar-refractivity contribution in [2.24, 2.45) is 0 Å². The number of nitrogens with two attached hydrogens (primary N) is 2. The molecule has 0 bridgehead atoms. The van der Waals surface area contributed by atoms with E-state index in [4.69, 9.17) is 33.0 Å². The average Bonchev–Trinajstić information content (AvgIpc) is 3.56. The number of nitrogen functional groups attached to an aromatic ring is 2. The van der Waals surface area contributed by atoms with Gasteiger partial charge in [0.1, 0.15) is 19.1 Å². The van der Waals surface area contributed by atoms with Crippen molar-refractivity contribution in [3.05, 3.63) is 34.4 Å². The van der Waals surface area contributed by atoms with Gasteiger partial charge < -0.3 is 51.8 Å². The molecule has 4 rings (SSSR count). The van der Waals surface area contributed by atoms with Crippen molar-refractivity contribution in [2.45, 2.75) is 77.5 Å². The van der Waals surface area contributed by atoms with E-state index < -0.39 is 30.3 Å². The van der Waals surface area contributed by atoms with Gasteiger partial charge in [0, 0.05) is 38.8 Å². The number of carboxylic acid groups (broad SMARTS) is 1. The van der Waals surface area contributed by atoms with Crippen LogP contribution >= 0.6 is 11.6 Å². The summed E-state index contributed by atoms with van der Waals surface area (Å²) in [6, 6.07) is 3.67. The Morgan fingerprint density at radius 2 is 1.73 bits per heavy atom. The number of aryl methyl sites for hydroxylation is 1. The number of carboxylic acids is 1. The molecule has 16 nitrogen and oxygen atoms in total. The maximum atomic E-state index is 13.9. The molecule has 3 heterocycles. The fourth-order valence-corrected chi connectivity index (χ4v) is 5.78. The minimum atomic E-state index is -5.19. The summed E-state index contributed by atoms with van der Waals surface area (Å²) < 4.78 is 35.4. The number of halogens is 4. The Morgan fingerprint density at radius 1 is 1.10 bits per heavy atom. The number of nitrogens with one attached hydrogen (secondary N) is 1. The highest BCUT2D eigenvalue weighted by Gasteiger charge is 2.35. The first-order chi connectivity index (χ1) is 24.0. The number of aliphatic carboxylic acids is 1. The Bertz CT molecular complexity index is 1710. The molecule has 0 aliphatic carbocycles. The highest BCUT2D eigenvalue weighted by Crippen LogP contribution is 2.31. The first kappa shape index (κ1) is 41.0. The topological polar surface area (TPSA) is 240 Å². The van der Waals surface area contributed by atoms with Gasteiger partial charge in [-0.3, -0.25) is 9.59 Å². The molecule has 51 heavy (non-hydrogen) atoms. The van der Waals surface area contributed by atoms with Crippen molar-refractivity contribution in [3.63, 3.8) is 0 Å². The number of fused-ring (bicyclic) bond motifs is 1. The van der Waals surface area contributed by atoms with Crippen LogP contribution in [-0.2, 0) is 24.4 Å². The zero-order valence-electron chi connectivity index (χ0n) is 28.4. The van der Waals surface area contributed by atoms with Crippen LogP contribution in [0.1, 0.15) is 66.2 Å². The molecule has 2 amide bonds. The summed E-state index contributed by atoms with van der Waals surface area (Å²) in [5, 5.41) is 42.1. The lowest BCUT2D eigenvalue weighted by atomic mass is 10.1. The Kier molecular flexibility index (Phi) is 14.2. The molecule has 3 aromatic rings. The number of imidazole rings is 1. The van der Waals surface area contributed by atoms with Gasteiger partial charge in [0.2, 0.25) is 0 Å². The highest BCUT2D eigenvalue weighted by molar-refractivity contribution is 6.31. The molecule has 20 heteroatoms. The zero-order valence-corrected chi connectivity index (χ0v) is 29.2. The van der Waals surface area contributed by atoms with Crippen molar-refractivity contribution in [2.75, 3.05) is 49.7 Å². The quantitative estimate of drug-likeness (QED) is 0.0999. The Labute approximate surface area is 296 Å². The third-order valence-corrected chi connectivity index (χ3v) is 8.50. The van der Waals surface area contributed by atoms with E-state index in [0.29, 0.717) is 35.7 Å². The lowest BCUT2D eigenvalue weighted by molar-refractivity contribution is -0.681. The number of anilines is 3. The number of hydrogen-bond acceptors (Lipinski definition) is 12. The van der Waals surface area contributed by atoms with Crippen molar-refractivity contribution in [1.82, 2.24) is 24.8 Å². The second-order valence-corrected chi connectivity index (χ2v) is 12.2. The number of aliphatic hydroxyl groups is 3. The zero-order chi connectivity index (χ0) is 38.2. The van der Waals surface area contributed by atoms with Crippen LogP contribution in [0.4, 0.5) is 30.5 Å². The molecule has 1 aliphatic rings. The van der Waals surface area contributed by atoms with E-state index in [-0.39, 0.29) is 61.2 Å². The Hall–Kier alpha value is -4.46. The molecule has 8 N–H and O–H groups in total. The molecule has 0 spiro atoms. The number of aromatic nitrogens is 4. The van der Waals surface area contributed by atoms with Gasteiger partial charge in [-0.2, -0.15) is 13.2 Å². The monoisotopic (exact) mass is 745 g/mol. The smallest absolute Gasteiger partial charge is 0.430 e. The Morgan fingerprint density at radius 3 is 2.27 bits per heavy atom. The van der Waals surface area contributed by atoms with Crippen LogP contribution in [0.15, 0.2) is 12.1 Å². The van der Waals surface area contributed by atoms with E-state index in [1.165, 1.54) is 0 Å². The first-order valence-electron chi connectivity index (χ1n) is 16.2. The van der Waals surface area contributed by atoms with Crippen LogP contribution in [0.5, 0.6) is 0 Å². The number of rotatable bonds is 13. The maximum absolute atomic E-state index is 13.9. The van der Waals surface area contributed by atoms with E-state index in [1.807, 2.05) is 33.1 Å². The van der Waals surface area contributed by atoms with Crippen molar-refractivity contribution in [1.29, 1.82) is 0 Å². The number of alkyl halides is 3. The molecule has 1 fully saturated rings. The van der Waals surface area contributed by atoms with Gasteiger partial charge >= 0.3 is 6.18 Å². The standard InChI is InChI=1S/C29H42ClN9O5.C2HF3O2/c1-4-6-7-8-9-36(3)29(44)17-12-19-20(13-18(17)37-15-21(41)22(42)16-37)39(10-11-40)23(38(19)5-2)14-33-28(43)24-26(31)35-27(32)25(30)34-24;3-2(4,5)1(6)7/h12-13,21-22,40-42H,4-11,14-16H2,1-3H3,(H4-,31,32,33,35,43);(H,6,7)/t21-,22-;/m0./s1. The van der Waals surface area contributed by atoms with Gasteiger partial charge in [-0.15, -0.1) is 0 Å². The van der Waals surface area contributed by atoms with Crippen LogP contribution in [-0.4, -0.2) is 104 Å². The fourth-order valence-electron chi connectivity index (χ4n) is 5.65. The third kappa shape index (κ3) is 9.87. The number of carbonyl (C=O) groups is 3. The molecule has 1 aliphatic heterocycles. The molecule has 2 atom stereocenters. The Balaban J connectivity index is 0.000000908. The van der Waals surface area contributed by atoms with Gasteiger partial charge in [0.15, 0.2) is 33.5 Å². The maximum Gasteiger partial charge on any atom is 0.430 e. The number of unbranched alkanes of at least 4 members (excludes halogenated alkanes) is 3. The summed E-state index contributed by atoms with van der Waals surface area (Å²) in [4.78, 5) is 47.1. The van der Waals surface area contributed by atoms with Gasteiger partial charge in [0.05, 0.1) is 36.6 Å². The normalized spacial score (nSPS) is 15.8. The summed E-state index contributed by atoms with van der Waals surface area (Å²) in [7, 11) is 1.78. The fraction of sp³-hybridized carbons (Fsp3) is 0.548. The number of β-amino-alcohol motifs (C(OH)–C–C–N with tert-alkyl or cyclic N) is 2. The number of benzene rings is 1. The second-order valence-electron chi connectivity index (χ2n) is 11.8. The number of amides is 2. The number of nitrogens with zero attached hydrogens (tertiary/aromatic N) is 6. The minimum Gasteiger partial charge on any atom is -0.542 e. The van der Waals surface area contributed by atoms with Crippen LogP contribution in [0.2, 0.25) is 5.15 Å². The van der Waals surface area contributed by atoms with Gasteiger partial charge in [-0.05, 0) is 13.3 Å². The van der Waals surface area contributed by atoms with E-state index in [9.17, 15) is 38.1 Å². The van der Waals surface area contributed by atoms with E-state index in [2.05, 4.69) is 22.2 Å². The molecule has 0 unspecified atom stereocenters. The lowest BCUT2D eigenvalue weighted by Crippen LogP contribution is -2.42. The van der Waals surface area contributed by atoms with E-state index in [1.54, 1.807) is 11.9 Å². The van der Waals surface area contributed by atoms with Crippen LogP contribution < -0.4 is 31.4 Å². The molecule has 282 valence electrons. The van der Waals surface area contributed by atoms with Crippen LogP contribution in [0, 0.1) is 0 Å². The molecular weight excluding hydrogens is 703 g/mol. The van der Waals surface area contributed by atoms with Gasteiger partial charge in [0.25, 0.3) is 17.6 Å². The summed E-state index contributed by atoms with van der Waals surface area (Å²) >= 11 is 5.97. The molecular formula is C31H43ClF3N9O7. The van der Waals surface area contributed by atoms with Crippen molar-refractivity contribution >= 4 is 57.7 Å². The van der Waals surface area contributed by atoms with Crippen LogP contribution in [0.3, 0.4) is 0 Å². The van der Waals surface area contributed by atoms with Crippen LogP contribution in [0.25, 0.3) is 11.0 Å². The SMILES string of the molecule is CCCCCCN(C)C(=O)c1cc2c(cc1N1C[C@H](O)[C@@H](O)C1)[n+](CCO)c(CNC(=O)c1nc(Cl)c(N)nc1N)n2CC.O=C([O-])C(F)(F)F. The number of hydrogen-bond donors (Lipinski definition) is 6. The van der Waals surface area contributed by atoms with Crippen molar-refractivity contribution < 1.29 is 52.5 Å². The van der Waals surface area contributed by atoms with E-state index in [0.717, 1.165) is 31.2 Å². The van der Waals surface area contributed by atoms with E-state index >= 15 is 0 Å². The first-order valence-corrected chi connectivity index (χ1v) is 16.6. The molecule has 1 saturated heterocycles. The molecule has 0 radical (unpaired) electrons.